The number of rotatable bonds is 31. The summed E-state index contributed by atoms with van der Waals surface area (Å²) in [6.07, 6.45) is 5.20. The third-order valence-corrected chi connectivity index (χ3v) is 27.3. The number of nitrogens with two attached hydrogens (primary N) is 3. The average Bonchev–Trinajstić information content (AvgIpc) is 1.64. The van der Waals surface area contributed by atoms with E-state index in [1.165, 1.54) is 74.7 Å². The fourth-order valence-electron chi connectivity index (χ4n) is 18.1. The number of primary amides is 1. The maximum Gasteiger partial charge on any atom is 0.305 e. The second-order valence-corrected chi connectivity index (χ2v) is 37.6. The number of benzene rings is 4. The van der Waals surface area contributed by atoms with Crippen LogP contribution in [0.5, 0.6) is 5.75 Å². The first-order chi connectivity index (χ1) is 68.5. The van der Waals surface area contributed by atoms with E-state index < -0.39 is 234 Å². The molecule has 3 saturated heterocycles. The summed E-state index contributed by atoms with van der Waals surface area (Å²) in [6.45, 7) is 4.19. The Labute approximate surface area is 831 Å². The zero-order valence-electron chi connectivity index (χ0n) is 81.3. The Morgan fingerprint density at radius 3 is 1.61 bits per heavy atom. The van der Waals surface area contributed by atoms with Crippen LogP contribution in [0, 0.1) is 0 Å². The van der Waals surface area contributed by atoms with Gasteiger partial charge in [-0.05, 0) is 144 Å². The predicted octanol–water partition coefficient (Wildman–Crippen LogP) is 0.914. The van der Waals surface area contributed by atoms with Crippen LogP contribution < -0.4 is 70.4 Å². The van der Waals surface area contributed by atoms with Gasteiger partial charge in [0.15, 0.2) is 0 Å². The zero-order chi connectivity index (χ0) is 104. The number of unbranched alkanes of at least 4 members (excludes halogenated alkanes) is 4. The molecule has 10 rings (SSSR count). The number of aromatic amines is 3. The number of carboxylic acid groups (broad SMARTS) is 2. The normalized spacial score (nSPS) is 24.0. The molecule has 16 amide bonds. The van der Waals surface area contributed by atoms with Crippen molar-refractivity contribution >= 4 is 140 Å². The molecule has 3 aliphatic rings. The molecule has 0 bridgehead atoms. The molecule has 22 N–H and O–H groups in total. The zero-order valence-corrected chi connectivity index (χ0v) is 82.1. The van der Waals surface area contributed by atoms with Crippen molar-refractivity contribution in [2.24, 2.45) is 17.2 Å². The van der Waals surface area contributed by atoms with Gasteiger partial charge in [0.25, 0.3) is 0 Å². The molecule has 15 atom stereocenters. The molecule has 3 fully saturated rings. The number of likely N-dealkylation sites (N-methyl/N-ethyl adjacent to an activating group) is 3. The van der Waals surface area contributed by atoms with Crippen molar-refractivity contribution in [2.75, 3.05) is 65.4 Å². The van der Waals surface area contributed by atoms with E-state index in [0.29, 0.717) is 82.4 Å². The lowest BCUT2D eigenvalue weighted by Gasteiger charge is -2.36. The number of hydrogen-bond donors (Lipinski definition) is 19. The second kappa shape index (κ2) is 54.1. The first kappa shape index (κ1) is 111. The maximum atomic E-state index is 16.0. The molecule has 44 heteroatoms. The molecular formula is C99H134N22O21S. The highest BCUT2D eigenvalue weighted by atomic mass is 32.2. The molecule has 6 heterocycles. The van der Waals surface area contributed by atoms with Gasteiger partial charge in [0.1, 0.15) is 90.3 Å². The Morgan fingerprint density at radius 2 is 1.01 bits per heavy atom. The van der Waals surface area contributed by atoms with Crippen molar-refractivity contribution in [3.8, 4) is 5.75 Å². The number of imidazole rings is 1. The number of nitrogens with zero attached hydrogens (tertiary/aromatic N) is 6. The Kier molecular flexibility index (Phi) is 41.9. The number of para-hydroxylation sites is 2. The highest BCUT2D eigenvalue weighted by Crippen LogP contribution is 2.35. The number of carbonyl (C=O) groups excluding carboxylic acids is 16. The summed E-state index contributed by atoms with van der Waals surface area (Å²) in [6, 6.07) is 7.13. The average molecular weight is 2000 g/mol. The summed E-state index contributed by atoms with van der Waals surface area (Å²) >= 11 is 0.709. The number of aliphatic carboxylic acids is 2. The van der Waals surface area contributed by atoms with Crippen LogP contribution in [0.2, 0.25) is 0 Å². The van der Waals surface area contributed by atoms with Crippen LogP contribution in [0.15, 0.2) is 128 Å². The number of aromatic hydroxyl groups is 1. The first-order valence-electron chi connectivity index (χ1n) is 48.5. The van der Waals surface area contributed by atoms with Crippen LogP contribution in [0.25, 0.3) is 21.8 Å². The largest absolute Gasteiger partial charge is 0.508 e. The Morgan fingerprint density at radius 1 is 0.490 bits per heavy atom. The molecule has 772 valence electrons. The Bertz CT molecular complexity index is 5610. The summed E-state index contributed by atoms with van der Waals surface area (Å²) in [4.78, 5) is 286. The molecule has 143 heavy (non-hydrogen) atoms. The monoisotopic (exact) mass is 2000 g/mol. The van der Waals surface area contributed by atoms with Gasteiger partial charge in [-0.3, -0.25) is 86.3 Å². The molecule has 43 nitrogen and oxygen atoms in total. The van der Waals surface area contributed by atoms with E-state index in [2.05, 4.69) is 73.1 Å². The number of phenolic OH excluding ortho intramolecular Hbond substituents is 1. The number of phenols is 1. The van der Waals surface area contributed by atoms with Crippen molar-refractivity contribution in [1.82, 2.24) is 97.6 Å². The van der Waals surface area contributed by atoms with E-state index in [0.717, 1.165) is 20.3 Å². The Hall–Kier alpha value is -14.3. The van der Waals surface area contributed by atoms with Gasteiger partial charge in [0.2, 0.25) is 94.5 Å². The minimum atomic E-state index is -1.91. The predicted molar refractivity (Wildman–Crippen MR) is 528 cm³/mol. The maximum absolute atomic E-state index is 16.0. The number of thioether (sulfide) groups is 1. The van der Waals surface area contributed by atoms with Crippen LogP contribution >= 0.6 is 11.8 Å². The summed E-state index contributed by atoms with van der Waals surface area (Å²) < 4.78 is 0. The quantitative estimate of drug-likeness (QED) is 0.0269. The molecule has 4 aromatic carbocycles. The van der Waals surface area contributed by atoms with Gasteiger partial charge in [-0.25, -0.2) is 4.98 Å². The van der Waals surface area contributed by atoms with Gasteiger partial charge in [-0.15, -0.1) is 11.8 Å². The lowest BCUT2D eigenvalue weighted by atomic mass is 9.96. The fraction of sp³-hybridized carbons (Fsp3) is 0.505. The second-order valence-electron chi connectivity index (χ2n) is 36.5. The van der Waals surface area contributed by atoms with Gasteiger partial charge in [0, 0.05) is 118 Å². The van der Waals surface area contributed by atoms with Crippen LogP contribution in [-0.2, 0) is 112 Å². The SMILES string of the molecule is CCCC[C@H]1C(=O)N(C)[C@@H](CCCC)C(=O)N[C@@H](CCC(=O)O)C(=O)N[C@H](C(=O)NCC(N)=O)CSCC(=O)N[C@@H](Cc2ccc(O)cc2)C(=O)N(C)[C@@H](C)C(=O)N[C@@H](CC(=O)O)C(=O)N2CCC[C@H]2C(=O)N[C@@H](Cc2c[nH]cn2)C(=O)N[C@@H](CCCCN)C(=O)N2C[C@@H](c3ccccc3)C[C@H]2C(=O)N[C@@H](Cc2c[nH]c3ccccc23)C(=O)N[C@@H](CCCCN)C(=O)N[C@@H](Cc2c[nH]c3ccccc23)C(=O)N1C. The molecule has 0 unspecified atom stereocenters. The number of aromatic nitrogens is 4. The minimum absolute atomic E-state index is 0.0135. The summed E-state index contributed by atoms with van der Waals surface area (Å²) in [5.74, 6) is -19.7. The smallest absolute Gasteiger partial charge is 0.305 e. The molecular weight excluding hydrogens is 1870 g/mol. The molecule has 3 aliphatic heterocycles. The van der Waals surface area contributed by atoms with E-state index >= 15 is 47.9 Å². The van der Waals surface area contributed by atoms with Gasteiger partial charge >= 0.3 is 11.9 Å². The topological polar surface area (TPSA) is 643 Å². The lowest BCUT2D eigenvalue weighted by Crippen LogP contribution is -2.61. The summed E-state index contributed by atoms with van der Waals surface area (Å²) in [7, 11) is 3.88. The number of H-pyrrole nitrogens is 3. The van der Waals surface area contributed by atoms with Crippen LogP contribution in [0.3, 0.4) is 0 Å². The van der Waals surface area contributed by atoms with Gasteiger partial charge in [-0.2, -0.15) is 0 Å². The number of carboxylic acids is 2. The van der Waals surface area contributed by atoms with Crippen LogP contribution in [0.1, 0.15) is 170 Å². The molecule has 3 aromatic heterocycles. The third-order valence-electron chi connectivity index (χ3n) is 26.2. The Balaban J connectivity index is 1.06. The third kappa shape index (κ3) is 31.1. The van der Waals surface area contributed by atoms with Crippen molar-refractivity contribution in [2.45, 2.75) is 253 Å². The van der Waals surface area contributed by atoms with Crippen LogP contribution in [-0.4, -0.2) is 316 Å². The van der Waals surface area contributed by atoms with Gasteiger partial charge in [-0.1, -0.05) is 118 Å². The number of carbonyl (C=O) groups is 18. The number of fused-ring (bicyclic) bond motifs is 4. The van der Waals surface area contributed by atoms with Crippen LogP contribution in [0.4, 0.5) is 0 Å². The standard InChI is InChI=1S/C99H134N22O21S/c1-7-9-31-78-92(135)110-70(38-39-84(125)126)89(132)116-77(87(130)106-52-82(102)123)54-143-55-83(124)108-74(43-58-34-36-64(122)37-35-58)95(138)117(4)57(3)86(129)114-76(48-85(127)128)98(141)120-42-22-33-79(120)93(136)113-73(47-63-51-103-56-107-63)91(134)111-71(30-19-21-41-101)97(140)121-53-62(59-23-12-11-13-24-59)46-81(121)94(137)112-72(44-60-49-104-67-27-16-14-25-65(60)67)90(133)109-69(29-18-20-40-100)88(131)115-75(45-61-50-105-68-28-17-15-26-66(61)68)96(139)119(6)80(32-10-8-2)99(142)118(78)5/h11-17,23-28,34-37,49-51,56-57,62,69-81,104-105,122H,7-10,18-22,29-33,38-48,52-55,100-101H2,1-6H3,(H2,102,123)(H,103,107)(H,106,130)(H,108,124)(H,109,133)(H,110,135)(H,111,134)(H,112,137)(H,113,136)(H,114,129)(H,115,131)(H,116,132)(H,125,126)(H,127,128)/t57-,62-,69-,70-,71-,72-,73-,74-,75-,76-,77-,78-,79-,80-,81-/m0/s1. The van der Waals surface area contributed by atoms with E-state index in [4.69, 9.17) is 17.2 Å². The molecule has 0 aliphatic carbocycles. The van der Waals surface area contributed by atoms with E-state index in [1.807, 2.05) is 50.2 Å². The number of hydrogen-bond acceptors (Lipinski definition) is 23. The first-order valence-corrected chi connectivity index (χ1v) is 49.7. The number of nitrogens with one attached hydrogen (secondary N) is 13. The molecule has 0 saturated carbocycles. The van der Waals surface area contributed by atoms with Crippen molar-refractivity contribution < 1.29 is 102 Å². The highest BCUT2D eigenvalue weighted by molar-refractivity contribution is 8.00. The van der Waals surface area contributed by atoms with Crippen molar-refractivity contribution in [3.63, 3.8) is 0 Å². The fourth-order valence-corrected chi connectivity index (χ4v) is 19.0. The number of amides is 16. The molecule has 7 aromatic rings. The van der Waals surface area contributed by atoms with Crippen molar-refractivity contribution in [3.05, 3.63) is 156 Å². The lowest BCUT2D eigenvalue weighted by molar-refractivity contribution is -0.149. The summed E-state index contributed by atoms with van der Waals surface area (Å²) in [5.41, 5.74) is 21.4. The van der Waals surface area contributed by atoms with Gasteiger partial charge in [0.05, 0.1) is 30.7 Å². The van der Waals surface area contributed by atoms with Crippen molar-refractivity contribution in [1.29, 1.82) is 0 Å². The minimum Gasteiger partial charge on any atom is -0.508 e. The highest BCUT2D eigenvalue weighted by Gasteiger charge is 2.47. The molecule has 0 radical (unpaired) electrons. The summed E-state index contributed by atoms with van der Waals surface area (Å²) in [5, 5.41) is 59.0. The molecule has 0 spiro atoms. The van der Waals surface area contributed by atoms with E-state index in [1.54, 1.807) is 54.9 Å². The van der Waals surface area contributed by atoms with Gasteiger partial charge < -0.3 is 125 Å². The van der Waals surface area contributed by atoms with E-state index in [9.17, 15) is 53.7 Å². The van der Waals surface area contributed by atoms with E-state index in [-0.39, 0.29) is 128 Å².